The van der Waals surface area contributed by atoms with Crippen molar-refractivity contribution >= 4 is 32.9 Å². The Balaban J connectivity index is 1.65. The molecule has 0 atom stereocenters. The van der Waals surface area contributed by atoms with Crippen LogP contribution >= 0.6 is 15.9 Å². The molecule has 5 heteroatoms. The minimum absolute atomic E-state index is 0.203. The van der Waals surface area contributed by atoms with Crippen LogP contribution in [0.3, 0.4) is 0 Å². The smallest absolute Gasteiger partial charge is 0.271 e. The number of benzene rings is 2. The lowest BCUT2D eigenvalue weighted by molar-refractivity contribution is 0.0949. The molecule has 3 aromatic rings. The molecule has 0 bridgehead atoms. The minimum Gasteiger partial charge on any atom is -0.350 e. The largest absolute Gasteiger partial charge is 0.350 e. The van der Waals surface area contributed by atoms with Gasteiger partial charge in [-0.25, -0.2) is 4.98 Å². The van der Waals surface area contributed by atoms with Crippen LogP contribution in [0.5, 0.6) is 0 Å². The zero-order chi connectivity index (χ0) is 15.4. The summed E-state index contributed by atoms with van der Waals surface area (Å²) >= 11 is 3.50. The number of fused-ring (bicyclic) bond motifs is 1. The molecular formula is C17H14BrN3O. The van der Waals surface area contributed by atoms with Gasteiger partial charge in [-0.1, -0.05) is 46.3 Å². The van der Waals surface area contributed by atoms with Crippen LogP contribution < -0.4 is 5.32 Å². The molecule has 0 spiro atoms. The molecule has 1 aromatic heterocycles. The third kappa shape index (κ3) is 3.31. The molecule has 0 aliphatic rings. The van der Waals surface area contributed by atoms with Crippen LogP contribution in [-0.2, 0) is 6.42 Å². The Morgan fingerprint density at radius 1 is 1.05 bits per heavy atom. The average molecular weight is 356 g/mol. The topological polar surface area (TPSA) is 54.9 Å². The van der Waals surface area contributed by atoms with Crippen LogP contribution in [0.2, 0.25) is 0 Å². The molecule has 0 aliphatic heterocycles. The molecule has 0 radical (unpaired) electrons. The molecule has 0 fully saturated rings. The maximum absolute atomic E-state index is 12.1. The number of hydrogen-bond donors (Lipinski definition) is 1. The maximum Gasteiger partial charge on any atom is 0.271 e. The molecule has 0 saturated heterocycles. The molecule has 1 amide bonds. The predicted molar refractivity (Wildman–Crippen MR) is 89.7 cm³/mol. The van der Waals surface area contributed by atoms with E-state index in [0.29, 0.717) is 12.2 Å². The number of halogens is 1. The number of nitrogens with one attached hydrogen (secondary N) is 1. The SMILES string of the molecule is O=C(NCCc1ccccc1Br)c1cnc2ccccc2n1. The standard InChI is InChI=1S/C17H14BrN3O/c18-13-6-2-1-5-12(13)9-10-19-17(22)16-11-20-14-7-3-4-8-15(14)21-16/h1-8,11H,9-10H2,(H,19,22). The Bertz CT molecular complexity index is 820. The molecule has 0 unspecified atom stereocenters. The first-order valence-electron chi connectivity index (χ1n) is 6.97. The number of aromatic nitrogens is 2. The molecule has 1 N–H and O–H groups in total. The van der Waals surface area contributed by atoms with E-state index in [9.17, 15) is 4.79 Å². The van der Waals surface area contributed by atoms with Gasteiger partial charge >= 0.3 is 0 Å². The van der Waals surface area contributed by atoms with E-state index in [1.54, 1.807) is 0 Å². The molecule has 4 nitrogen and oxygen atoms in total. The van der Waals surface area contributed by atoms with Crippen molar-refractivity contribution in [3.05, 3.63) is 70.5 Å². The highest BCUT2D eigenvalue weighted by Crippen LogP contribution is 2.15. The number of nitrogens with zero attached hydrogens (tertiary/aromatic N) is 2. The third-order valence-corrected chi connectivity index (χ3v) is 4.09. The Labute approximate surface area is 136 Å². The summed E-state index contributed by atoms with van der Waals surface area (Å²) in [6, 6.07) is 15.5. The quantitative estimate of drug-likeness (QED) is 0.780. The van der Waals surface area contributed by atoms with Gasteiger partial charge in [0.05, 0.1) is 17.2 Å². The predicted octanol–water partition coefficient (Wildman–Crippen LogP) is 3.36. The van der Waals surface area contributed by atoms with E-state index in [-0.39, 0.29) is 5.91 Å². The van der Waals surface area contributed by atoms with Crippen LogP contribution in [0.4, 0.5) is 0 Å². The highest BCUT2D eigenvalue weighted by atomic mass is 79.9. The van der Waals surface area contributed by atoms with Crippen LogP contribution in [0.1, 0.15) is 16.1 Å². The van der Waals surface area contributed by atoms with Crippen molar-refractivity contribution in [1.82, 2.24) is 15.3 Å². The van der Waals surface area contributed by atoms with Gasteiger partial charge < -0.3 is 5.32 Å². The lowest BCUT2D eigenvalue weighted by atomic mass is 10.1. The van der Waals surface area contributed by atoms with E-state index in [2.05, 4.69) is 31.2 Å². The summed E-state index contributed by atoms with van der Waals surface area (Å²) < 4.78 is 1.05. The Kier molecular flexibility index (Phi) is 4.44. The van der Waals surface area contributed by atoms with Crippen molar-refractivity contribution in [3.63, 3.8) is 0 Å². The number of amides is 1. The molecule has 22 heavy (non-hydrogen) atoms. The first kappa shape index (κ1) is 14.7. The van der Waals surface area contributed by atoms with E-state index < -0.39 is 0 Å². The van der Waals surface area contributed by atoms with Crippen LogP contribution in [0, 0.1) is 0 Å². The van der Waals surface area contributed by atoms with Crippen LogP contribution in [0.25, 0.3) is 11.0 Å². The van der Waals surface area contributed by atoms with E-state index >= 15 is 0 Å². The zero-order valence-electron chi connectivity index (χ0n) is 11.8. The Morgan fingerprint density at radius 3 is 2.59 bits per heavy atom. The molecule has 110 valence electrons. The fourth-order valence-electron chi connectivity index (χ4n) is 2.17. The molecule has 3 rings (SSSR count). The van der Waals surface area contributed by atoms with Crippen molar-refractivity contribution in [3.8, 4) is 0 Å². The second-order valence-electron chi connectivity index (χ2n) is 4.84. The van der Waals surface area contributed by atoms with Crippen molar-refractivity contribution in [1.29, 1.82) is 0 Å². The normalized spacial score (nSPS) is 10.6. The van der Waals surface area contributed by atoms with Gasteiger partial charge in [-0.15, -0.1) is 0 Å². The van der Waals surface area contributed by atoms with Crippen molar-refractivity contribution in [2.75, 3.05) is 6.54 Å². The fourth-order valence-corrected chi connectivity index (χ4v) is 2.65. The Morgan fingerprint density at radius 2 is 1.77 bits per heavy atom. The fraction of sp³-hybridized carbons (Fsp3) is 0.118. The number of hydrogen-bond acceptors (Lipinski definition) is 3. The molecule has 1 heterocycles. The number of carbonyl (C=O) groups is 1. The maximum atomic E-state index is 12.1. The van der Waals surface area contributed by atoms with Gasteiger partial charge in [0, 0.05) is 11.0 Å². The van der Waals surface area contributed by atoms with Gasteiger partial charge in [-0.2, -0.15) is 0 Å². The third-order valence-electron chi connectivity index (χ3n) is 3.32. The number of para-hydroxylation sites is 2. The van der Waals surface area contributed by atoms with E-state index in [1.807, 2.05) is 48.5 Å². The molecule has 0 saturated carbocycles. The lowest BCUT2D eigenvalue weighted by Crippen LogP contribution is -2.26. The summed E-state index contributed by atoms with van der Waals surface area (Å²) in [5, 5.41) is 2.88. The summed E-state index contributed by atoms with van der Waals surface area (Å²) in [5.41, 5.74) is 3.01. The van der Waals surface area contributed by atoms with Crippen LogP contribution in [0.15, 0.2) is 59.2 Å². The summed E-state index contributed by atoms with van der Waals surface area (Å²) in [4.78, 5) is 20.7. The van der Waals surface area contributed by atoms with Gasteiger partial charge in [0.1, 0.15) is 5.69 Å². The van der Waals surface area contributed by atoms with Gasteiger partial charge in [-0.05, 0) is 30.2 Å². The summed E-state index contributed by atoms with van der Waals surface area (Å²) in [5.74, 6) is -0.203. The number of carbonyl (C=O) groups excluding carboxylic acids is 1. The van der Waals surface area contributed by atoms with Gasteiger partial charge in [0.2, 0.25) is 0 Å². The Hall–Kier alpha value is -2.27. The minimum atomic E-state index is -0.203. The number of rotatable bonds is 4. The molecule has 2 aromatic carbocycles. The first-order chi connectivity index (χ1) is 10.7. The summed E-state index contributed by atoms with van der Waals surface area (Å²) in [6.07, 6.45) is 2.27. The highest BCUT2D eigenvalue weighted by molar-refractivity contribution is 9.10. The van der Waals surface area contributed by atoms with E-state index in [1.165, 1.54) is 6.20 Å². The average Bonchev–Trinajstić information content (AvgIpc) is 2.56. The summed E-state index contributed by atoms with van der Waals surface area (Å²) in [6.45, 7) is 0.552. The van der Waals surface area contributed by atoms with Gasteiger partial charge in [0.15, 0.2) is 0 Å². The van der Waals surface area contributed by atoms with E-state index in [4.69, 9.17) is 0 Å². The zero-order valence-corrected chi connectivity index (χ0v) is 13.4. The van der Waals surface area contributed by atoms with Crippen LogP contribution in [-0.4, -0.2) is 22.4 Å². The second-order valence-corrected chi connectivity index (χ2v) is 5.70. The van der Waals surface area contributed by atoms with Crippen molar-refractivity contribution in [2.45, 2.75) is 6.42 Å². The lowest BCUT2D eigenvalue weighted by Gasteiger charge is -2.07. The van der Waals surface area contributed by atoms with Gasteiger partial charge in [-0.3, -0.25) is 9.78 Å². The second kappa shape index (κ2) is 6.66. The van der Waals surface area contributed by atoms with Gasteiger partial charge in [0.25, 0.3) is 5.91 Å². The van der Waals surface area contributed by atoms with Crippen molar-refractivity contribution < 1.29 is 4.79 Å². The molecular weight excluding hydrogens is 342 g/mol. The monoisotopic (exact) mass is 355 g/mol. The first-order valence-corrected chi connectivity index (χ1v) is 7.77. The van der Waals surface area contributed by atoms with Crippen molar-refractivity contribution in [2.24, 2.45) is 0 Å². The highest BCUT2D eigenvalue weighted by Gasteiger charge is 2.08. The molecule has 0 aliphatic carbocycles. The summed E-state index contributed by atoms with van der Waals surface area (Å²) in [7, 11) is 0. The van der Waals surface area contributed by atoms with E-state index in [0.717, 1.165) is 27.5 Å².